The van der Waals surface area contributed by atoms with Crippen molar-refractivity contribution in [2.75, 3.05) is 5.32 Å². The molecule has 0 amide bonds. The van der Waals surface area contributed by atoms with Crippen molar-refractivity contribution >= 4 is 32.9 Å². The van der Waals surface area contributed by atoms with Crippen LogP contribution in [0.15, 0.2) is 35.3 Å². The van der Waals surface area contributed by atoms with Crippen molar-refractivity contribution in [1.82, 2.24) is 19.9 Å². The number of nitrogens with zero attached hydrogens (tertiary/aromatic N) is 3. The number of imidazole rings is 1. The average molecular weight is 322 g/mol. The Labute approximate surface area is 116 Å². The lowest BCUT2D eigenvalue weighted by Crippen LogP contribution is -2.03. The normalized spacial score (nSPS) is 10.8. The van der Waals surface area contributed by atoms with E-state index in [0.717, 1.165) is 15.6 Å². The van der Waals surface area contributed by atoms with Crippen LogP contribution < -0.4 is 5.32 Å². The number of aromatic nitrogens is 4. The van der Waals surface area contributed by atoms with Crippen LogP contribution in [0.5, 0.6) is 0 Å². The van der Waals surface area contributed by atoms with Gasteiger partial charge >= 0.3 is 0 Å². The van der Waals surface area contributed by atoms with E-state index in [1.54, 1.807) is 12.4 Å². The van der Waals surface area contributed by atoms with Gasteiger partial charge in [-0.3, -0.25) is 0 Å². The highest BCUT2D eigenvalue weighted by molar-refractivity contribution is 9.10. The van der Waals surface area contributed by atoms with Gasteiger partial charge in [0.25, 0.3) is 0 Å². The molecule has 0 saturated carbocycles. The molecule has 0 atom stereocenters. The molecule has 3 rings (SSSR count). The van der Waals surface area contributed by atoms with Crippen LogP contribution in [0.25, 0.3) is 11.2 Å². The molecule has 0 aliphatic rings. The highest BCUT2D eigenvalue weighted by Crippen LogP contribution is 2.20. The Hall–Kier alpha value is -2.02. The van der Waals surface area contributed by atoms with Crippen LogP contribution in [0.2, 0.25) is 0 Å². The lowest BCUT2D eigenvalue weighted by atomic mass is 10.2. The van der Waals surface area contributed by atoms with E-state index in [-0.39, 0.29) is 5.82 Å². The van der Waals surface area contributed by atoms with E-state index < -0.39 is 0 Å². The molecule has 0 radical (unpaired) electrons. The van der Waals surface area contributed by atoms with Crippen molar-refractivity contribution in [1.29, 1.82) is 0 Å². The maximum atomic E-state index is 13.2. The summed E-state index contributed by atoms with van der Waals surface area (Å²) in [4.78, 5) is 15.2. The summed E-state index contributed by atoms with van der Waals surface area (Å²) >= 11 is 3.39. The monoisotopic (exact) mass is 321 g/mol. The van der Waals surface area contributed by atoms with Crippen molar-refractivity contribution < 1.29 is 4.39 Å². The highest BCUT2D eigenvalue weighted by Gasteiger charge is 2.07. The minimum atomic E-state index is -0.269. The van der Waals surface area contributed by atoms with Gasteiger partial charge in [0.05, 0.1) is 6.33 Å². The molecule has 0 aliphatic carbocycles. The Morgan fingerprint density at radius 1 is 1.26 bits per heavy atom. The molecular formula is C12H9BrFN5. The van der Waals surface area contributed by atoms with Gasteiger partial charge in [0.15, 0.2) is 11.5 Å². The molecule has 2 N–H and O–H groups in total. The van der Waals surface area contributed by atoms with Gasteiger partial charge in [-0.2, -0.15) is 0 Å². The van der Waals surface area contributed by atoms with E-state index in [0.29, 0.717) is 18.0 Å². The number of benzene rings is 1. The first-order valence-electron chi connectivity index (χ1n) is 5.56. The quantitative estimate of drug-likeness (QED) is 0.778. The number of hydrogen-bond acceptors (Lipinski definition) is 4. The van der Waals surface area contributed by atoms with Gasteiger partial charge in [-0.05, 0) is 23.8 Å². The van der Waals surface area contributed by atoms with E-state index in [9.17, 15) is 4.39 Å². The van der Waals surface area contributed by atoms with Gasteiger partial charge in [-0.1, -0.05) is 15.9 Å². The number of anilines is 1. The second-order valence-electron chi connectivity index (χ2n) is 3.91. The molecule has 96 valence electrons. The van der Waals surface area contributed by atoms with E-state index in [1.165, 1.54) is 18.5 Å². The summed E-state index contributed by atoms with van der Waals surface area (Å²) in [6, 6.07) is 4.56. The van der Waals surface area contributed by atoms with Crippen LogP contribution in [-0.4, -0.2) is 19.9 Å². The third-order valence-electron chi connectivity index (χ3n) is 2.68. The first kappa shape index (κ1) is 12.0. The molecule has 5 nitrogen and oxygen atoms in total. The number of rotatable bonds is 3. The van der Waals surface area contributed by atoms with E-state index in [4.69, 9.17) is 0 Å². The smallest absolute Gasteiger partial charge is 0.182 e. The molecule has 0 aliphatic heterocycles. The zero-order valence-corrected chi connectivity index (χ0v) is 11.3. The molecular weight excluding hydrogens is 313 g/mol. The Kier molecular flexibility index (Phi) is 3.12. The summed E-state index contributed by atoms with van der Waals surface area (Å²) in [5.74, 6) is 0.369. The zero-order chi connectivity index (χ0) is 13.2. The average Bonchev–Trinajstić information content (AvgIpc) is 2.88. The summed E-state index contributed by atoms with van der Waals surface area (Å²) in [7, 11) is 0. The first-order chi connectivity index (χ1) is 9.24. The van der Waals surface area contributed by atoms with Crippen LogP contribution in [-0.2, 0) is 6.54 Å². The lowest BCUT2D eigenvalue weighted by Gasteiger charge is -2.08. The predicted octanol–water partition coefficient (Wildman–Crippen LogP) is 2.87. The van der Waals surface area contributed by atoms with Gasteiger partial charge in [0.1, 0.15) is 17.7 Å². The summed E-state index contributed by atoms with van der Waals surface area (Å²) in [6.07, 6.45) is 2.99. The van der Waals surface area contributed by atoms with Gasteiger partial charge < -0.3 is 10.3 Å². The highest BCUT2D eigenvalue weighted by atomic mass is 79.9. The number of nitrogens with one attached hydrogen (secondary N) is 2. The maximum Gasteiger partial charge on any atom is 0.182 e. The van der Waals surface area contributed by atoms with Gasteiger partial charge in [-0.25, -0.2) is 19.3 Å². The van der Waals surface area contributed by atoms with E-state index in [1.807, 2.05) is 0 Å². The molecule has 0 fully saturated rings. The minimum Gasteiger partial charge on any atom is -0.364 e. The minimum absolute atomic E-state index is 0.269. The fourth-order valence-electron chi connectivity index (χ4n) is 1.76. The predicted molar refractivity (Wildman–Crippen MR) is 73.1 cm³/mol. The molecule has 2 aromatic heterocycles. The van der Waals surface area contributed by atoms with Crippen LogP contribution in [0.3, 0.4) is 0 Å². The van der Waals surface area contributed by atoms with E-state index >= 15 is 0 Å². The summed E-state index contributed by atoms with van der Waals surface area (Å²) in [5, 5.41) is 3.14. The Bertz CT molecular complexity index is 727. The molecule has 3 aromatic rings. The fourth-order valence-corrected chi connectivity index (χ4v) is 2.14. The van der Waals surface area contributed by atoms with Crippen molar-refractivity contribution in [3.8, 4) is 0 Å². The van der Waals surface area contributed by atoms with Gasteiger partial charge in [-0.15, -0.1) is 0 Å². The molecule has 0 unspecified atom stereocenters. The van der Waals surface area contributed by atoms with Crippen molar-refractivity contribution in [2.24, 2.45) is 0 Å². The SMILES string of the molecule is Fc1ccc(Br)c(CNc2ncnc3nc[nH]c23)c1. The molecule has 2 heterocycles. The second-order valence-corrected chi connectivity index (χ2v) is 4.77. The standard InChI is InChI=1S/C12H9BrFN5/c13-9-2-1-8(14)3-7(9)4-15-11-10-12(17-5-16-10)19-6-18-11/h1-3,5-6H,4H2,(H2,15,16,17,18,19). The number of H-pyrrole nitrogens is 1. The molecule has 1 aromatic carbocycles. The third-order valence-corrected chi connectivity index (χ3v) is 3.45. The summed E-state index contributed by atoms with van der Waals surface area (Å²) in [5.41, 5.74) is 2.14. The lowest BCUT2D eigenvalue weighted by molar-refractivity contribution is 0.625. The van der Waals surface area contributed by atoms with Crippen molar-refractivity contribution in [3.05, 3.63) is 46.7 Å². The van der Waals surface area contributed by atoms with Crippen molar-refractivity contribution in [3.63, 3.8) is 0 Å². The van der Waals surface area contributed by atoms with E-state index in [2.05, 4.69) is 41.2 Å². The van der Waals surface area contributed by atoms with Crippen molar-refractivity contribution in [2.45, 2.75) is 6.54 Å². The maximum absolute atomic E-state index is 13.2. The fraction of sp³-hybridized carbons (Fsp3) is 0.0833. The third kappa shape index (κ3) is 2.41. The Balaban J connectivity index is 1.86. The number of hydrogen-bond donors (Lipinski definition) is 2. The number of fused-ring (bicyclic) bond motifs is 1. The first-order valence-corrected chi connectivity index (χ1v) is 6.35. The Morgan fingerprint density at radius 3 is 3.05 bits per heavy atom. The Morgan fingerprint density at radius 2 is 2.16 bits per heavy atom. The molecule has 19 heavy (non-hydrogen) atoms. The van der Waals surface area contributed by atoms with Gasteiger partial charge in [0, 0.05) is 11.0 Å². The topological polar surface area (TPSA) is 66.5 Å². The van der Waals surface area contributed by atoms with Crippen LogP contribution in [0.1, 0.15) is 5.56 Å². The molecule has 0 spiro atoms. The summed E-state index contributed by atoms with van der Waals surface area (Å²) in [6.45, 7) is 0.448. The number of aromatic amines is 1. The van der Waals surface area contributed by atoms with Crippen LogP contribution in [0.4, 0.5) is 10.2 Å². The zero-order valence-electron chi connectivity index (χ0n) is 9.69. The second kappa shape index (κ2) is 4.93. The number of halogens is 2. The molecule has 0 bridgehead atoms. The summed E-state index contributed by atoms with van der Waals surface area (Å²) < 4.78 is 14.0. The largest absolute Gasteiger partial charge is 0.364 e. The molecule has 0 saturated heterocycles. The molecule has 7 heteroatoms. The van der Waals surface area contributed by atoms with Gasteiger partial charge in [0.2, 0.25) is 0 Å². The van der Waals surface area contributed by atoms with Crippen LogP contribution in [0, 0.1) is 5.82 Å². The van der Waals surface area contributed by atoms with Crippen LogP contribution >= 0.6 is 15.9 Å².